The minimum atomic E-state index is -0.887. The molecule has 0 aliphatic carbocycles. The SMILES string of the molecule is O=C(O)c1ccc2c(c1)CSCCO2. The molecule has 1 aromatic carbocycles. The number of benzene rings is 1. The molecule has 0 atom stereocenters. The van der Waals surface area contributed by atoms with Gasteiger partial charge in [-0.2, -0.15) is 11.8 Å². The van der Waals surface area contributed by atoms with Crippen LogP contribution in [0.1, 0.15) is 15.9 Å². The summed E-state index contributed by atoms with van der Waals surface area (Å²) in [6.45, 7) is 0.698. The number of carbonyl (C=O) groups is 1. The third kappa shape index (κ3) is 1.85. The maximum absolute atomic E-state index is 10.7. The molecule has 0 spiro atoms. The topological polar surface area (TPSA) is 46.5 Å². The van der Waals surface area contributed by atoms with Crippen LogP contribution >= 0.6 is 11.8 Å². The van der Waals surface area contributed by atoms with Gasteiger partial charge in [0.25, 0.3) is 0 Å². The van der Waals surface area contributed by atoms with Crippen molar-refractivity contribution in [1.82, 2.24) is 0 Å². The molecule has 1 aromatic rings. The predicted octanol–water partition coefficient (Wildman–Crippen LogP) is 2.01. The highest BCUT2D eigenvalue weighted by molar-refractivity contribution is 7.98. The Labute approximate surface area is 86.1 Å². The quantitative estimate of drug-likeness (QED) is 0.770. The van der Waals surface area contributed by atoms with Gasteiger partial charge in [0.05, 0.1) is 12.2 Å². The molecule has 1 aliphatic rings. The lowest BCUT2D eigenvalue weighted by Gasteiger charge is -2.06. The monoisotopic (exact) mass is 210 g/mol. The molecule has 2 rings (SSSR count). The smallest absolute Gasteiger partial charge is 0.335 e. The second-order valence-corrected chi connectivity index (χ2v) is 4.13. The van der Waals surface area contributed by atoms with Crippen molar-refractivity contribution >= 4 is 17.7 Å². The highest BCUT2D eigenvalue weighted by Crippen LogP contribution is 2.27. The van der Waals surface area contributed by atoms with Crippen LogP contribution in [0.5, 0.6) is 5.75 Å². The van der Waals surface area contributed by atoms with Gasteiger partial charge in [-0.25, -0.2) is 4.79 Å². The molecule has 1 N–H and O–H groups in total. The minimum Gasteiger partial charge on any atom is -0.492 e. The lowest BCUT2D eigenvalue weighted by atomic mass is 10.1. The number of ether oxygens (including phenoxy) is 1. The molecule has 1 aliphatic heterocycles. The summed E-state index contributed by atoms with van der Waals surface area (Å²) in [7, 11) is 0. The van der Waals surface area contributed by atoms with Crippen molar-refractivity contribution in [3.8, 4) is 5.75 Å². The number of hydrogen-bond acceptors (Lipinski definition) is 3. The minimum absolute atomic E-state index is 0.329. The van der Waals surface area contributed by atoms with E-state index in [1.54, 1.807) is 30.0 Å². The molecule has 14 heavy (non-hydrogen) atoms. The van der Waals surface area contributed by atoms with E-state index in [9.17, 15) is 4.79 Å². The van der Waals surface area contributed by atoms with Gasteiger partial charge in [0.15, 0.2) is 0 Å². The first kappa shape index (κ1) is 9.40. The van der Waals surface area contributed by atoms with E-state index in [0.717, 1.165) is 22.8 Å². The van der Waals surface area contributed by atoms with Crippen molar-refractivity contribution in [2.45, 2.75) is 5.75 Å². The van der Waals surface area contributed by atoms with Crippen LogP contribution in [-0.2, 0) is 5.75 Å². The number of fused-ring (bicyclic) bond motifs is 1. The van der Waals surface area contributed by atoms with E-state index < -0.39 is 5.97 Å². The van der Waals surface area contributed by atoms with Gasteiger partial charge < -0.3 is 9.84 Å². The molecular weight excluding hydrogens is 200 g/mol. The standard InChI is InChI=1S/C10H10O3S/c11-10(12)7-1-2-9-8(5-7)6-14-4-3-13-9/h1-2,5H,3-4,6H2,(H,11,12). The van der Waals surface area contributed by atoms with E-state index >= 15 is 0 Å². The lowest BCUT2D eigenvalue weighted by Crippen LogP contribution is -2.00. The van der Waals surface area contributed by atoms with Gasteiger partial charge in [-0.1, -0.05) is 0 Å². The zero-order valence-electron chi connectivity index (χ0n) is 7.53. The molecule has 0 fully saturated rings. The largest absolute Gasteiger partial charge is 0.492 e. The summed E-state index contributed by atoms with van der Waals surface area (Å²) in [6, 6.07) is 5.01. The molecule has 0 bridgehead atoms. The van der Waals surface area contributed by atoms with Crippen LogP contribution in [0.2, 0.25) is 0 Å². The third-order valence-corrected chi connectivity index (χ3v) is 3.02. The number of hydrogen-bond donors (Lipinski definition) is 1. The first-order valence-electron chi connectivity index (χ1n) is 4.34. The summed E-state index contributed by atoms with van der Waals surface area (Å²) in [5, 5.41) is 8.81. The summed E-state index contributed by atoms with van der Waals surface area (Å²) in [4.78, 5) is 10.7. The molecule has 74 valence electrons. The highest BCUT2D eigenvalue weighted by atomic mass is 32.2. The van der Waals surface area contributed by atoms with Crippen molar-refractivity contribution in [1.29, 1.82) is 0 Å². The molecule has 4 heteroatoms. The van der Waals surface area contributed by atoms with Crippen LogP contribution in [0.4, 0.5) is 0 Å². The zero-order chi connectivity index (χ0) is 9.97. The summed E-state index contributed by atoms with van der Waals surface area (Å²) in [5.74, 6) is 1.72. The van der Waals surface area contributed by atoms with Gasteiger partial charge in [0.2, 0.25) is 0 Å². The van der Waals surface area contributed by atoms with E-state index in [2.05, 4.69) is 0 Å². The Hall–Kier alpha value is -1.16. The maximum atomic E-state index is 10.7. The maximum Gasteiger partial charge on any atom is 0.335 e. The van der Waals surface area contributed by atoms with Gasteiger partial charge in [-0.15, -0.1) is 0 Å². The first-order valence-corrected chi connectivity index (χ1v) is 5.49. The van der Waals surface area contributed by atoms with Crippen molar-refractivity contribution in [3.63, 3.8) is 0 Å². The van der Waals surface area contributed by atoms with Crippen LogP contribution < -0.4 is 4.74 Å². The molecule has 1 heterocycles. The molecular formula is C10H10O3S. The average molecular weight is 210 g/mol. The summed E-state index contributed by atoms with van der Waals surface area (Å²) in [6.07, 6.45) is 0. The third-order valence-electron chi connectivity index (χ3n) is 2.05. The van der Waals surface area contributed by atoms with E-state index in [-0.39, 0.29) is 0 Å². The lowest BCUT2D eigenvalue weighted by molar-refractivity contribution is 0.0696. The van der Waals surface area contributed by atoms with E-state index in [4.69, 9.17) is 9.84 Å². The van der Waals surface area contributed by atoms with Crippen LogP contribution in [0.25, 0.3) is 0 Å². The van der Waals surface area contributed by atoms with E-state index in [0.29, 0.717) is 12.2 Å². The van der Waals surface area contributed by atoms with Crippen LogP contribution in [0.15, 0.2) is 18.2 Å². The Balaban J connectivity index is 2.37. The Morgan fingerprint density at radius 3 is 3.14 bits per heavy atom. The van der Waals surface area contributed by atoms with E-state index in [1.165, 1.54) is 0 Å². The van der Waals surface area contributed by atoms with Gasteiger partial charge in [-0.3, -0.25) is 0 Å². The molecule has 3 nitrogen and oxygen atoms in total. The number of carboxylic acid groups (broad SMARTS) is 1. The summed E-state index contributed by atoms with van der Waals surface area (Å²) >= 11 is 1.76. The van der Waals surface area contributed by atoms with Gasteiger partial charge >= 0.3 is 5.97 Å². The van der Waals surface area contributed by atoms with Crippen molar-refractivity contribution in [2.75, 3.05) is 12.4 Å². The fraction of sp³-hybridized carbons (Fsp3) is 0.300. The normalized spacial score (nSPS) is 15.1. The van der Waals surface area contributed by atoms with Gasteiger partial charge in [-0.05, 0) is 18.2 Å². The fourth-order valence-electron chi connectivity index (χ4n) is 1.36. The number of carboxylic acids is 1. The van der Waals surface area contributed by atoms with Crippen LogP contribution in [0.3, 0.4) is 0 Å². The zero-order valence-corrected chi connectivity index (χ0v) is 8.34. The van der Waals surface area contributed by atoms with Crippen molar-refractivity contribution in [2.24, 2.45) is 0 Å². The molecule has 0 amide bonds. The Morgan fingerprint density at radius 2 is 2.36 bits per heavy atom. The molecule has 0 aromatic heterocycles. The summed E-state index contributed by atoms with van der Waals surface area (Å²) < 4.78 is 5.47. The highest BCUT2D eigenvalue weighted by Gasteiger charge is 2.11. The molecule has 0 saturated heterocycles. The Kier molecular flexibility index (Phi) is 2.63. The van der Waals surface area contributed by atoms with Crippen LogP contribution in [-0.4, -0.2) is 23.4 Å². The first-order chi connectivity index (χ1) is 6.77. The number of rotatable bonds is 1. The van der Waals surface area contributed by atoms with Crippen molar-refractivity contribution in [3.05, 3.63) is 29.3 Å². The van der Waals surface area contributed by atoms with Gasteiger partial charge in [0.1, 0.15) is 5.75 Å². The van der Waals surface area contributed by atoms with Gasteiger partial charge in [0, 0.05) is 17.1 Å². The predicted molar refractivity (Wildman–Crippen MR) is 55.1 cm³/mol. The number of thioether (sulfide) groups is 1. The number of aromatic carboxylic acids is 1. The Bertz CT molecular complexity index is 362. The summed E-state index contributed by atoms with van der Waals surface area (Å²) in [5.41, 5.74) is 1.31. The van der Waals surface area contributed by atoms with E-state index in [1.807, 2.05) is 0 Å². The molecule has 0 radical (unpaired) electrons. The molecule has 0 saturated carbocycles. The van der Waals surface area contributed by atoms with Crippen molar-refractivity contribution < 1.29 is 14.6 Å². The van der Waals surface area contributed by atoms with Crippen LogP contribution in [0, 0.1) is 0 Å². The molecule has 0 unspecified atom stereocenters. The second-order valence-electron chi connectivity index (χ2n) is 3.03. The fourth-order valence-corrected chi connectivity index (χ4v) is 2.15. The second kappa shape index (κ2) is 3.92. The average Bonchev–Trinajstić information content (AvgIpc) is 2.41. The Morgan fingerprint density at radius 1 is 1.50 bits per heavy atom.